The fourth-order valence-corrected chi connectivity index (χ4v) is 2.34. The first-order valence-electron chi connectivity index (χ1n) is 5.45. The van der Waals surface area contributed by atoms with Crippen LogP contribution in [0.25, 0.3) is 0 Å². The van der Waals surface area contributed by atoms with Gasteiger partial charge in [-0.2, -0.15) is 0 Å². The summed E-state index contributed by atoms with van der Waals surface area (Å²) in [6, 6.07) is 4.03. The molecule has 0 aliphatic heterocycles. The van der Waals surface area contributed by atoms with Gasteiger partial charge in [0.2, 0.25) is 0 Å². The van der Waals surface area contributed by atoms with Crippen LogP contribution in [0.3, 0.4) is 0 Å². The Morgan fingerprint density at radius 3 is 2.94 bits per heavy atom. The van der Waals surface area contributed by atoms with Crippen LogP contribution < -0.4 is 5.32 Å². The molecule has 2 nitrogen and oxygen atoms in total. The molecule has 1 atom stereocenters. The molecule has 1 fully saturated rings. The Morgan fingerprint density at radius 1 is 1.59 bits per heavy atom. The van der Waals surface area contributed by atoms with Crippen molar-refractivity contribution in [2.45, 2.75) is 18.2 Å². The second-order valence-corrected chi connectivity index (χ2v) is 5.60. The molecule has 1 aromatic carbocycles. The van der Waals surface area contributed by atoms with E-state index in [4.69, 9.17) is 11.6 Å². The highest BCUT2D eigenvalue weighted by Gasteiger charge is 2.29. The maximum Gasteiger partial charge on any atom is 0.252 e. The van der Waals surface area contributed by atoms with Crippen LogP contribution in [0, 0.1) is 11.7 Å². The maximum atomic E-state index is 13.0. The van der Waals surface area contributed by atoms with E-state index in [0.29, 0.717) is 22.5 Å². The zero-order chi connectivity index (χ0) is 12.4. The van der Waals surface area contributed by atoms with Crippen molar-refractivity contribution in [2.24, 2.45) is 5.92 Å². The Morgan fingerprint density at radius 2 is 2.29 bits per heavy atom. The second kappa shape index (κ2) is 5.36. The number of alkyl halides is 1. The number of hydrogen-bond acceptors (Lipinski definition) is 1. The highest BCUT2D eigenvalue weighted by Crippen LogP contribution is 2.35. The van der Waals surface area contributed by atoms with Gasteiger partial charge in [0.05, 0.1) is 10.9 Å². The molecule has 1 aliphatic rings. The lowest BCUT2D eigenvalue weighted by atomic mass is 10.2. The van der Waals surface area contributed by atoms with Gasteiger partial charge in [0, 0.05) is 11.0 Å². The Kier molecular flexibility index (Phi) is 4.05. The first kappa shape index (κ1) is 12.8. The summed E-state index contributed by atoms with van der Waals surface area (Å²) in [7, 11) is 0. The molecule has 0 aromatic heterocycles. The van der Waals surface area contributed by atoms with Gasteiger partial charge in [0.1, 0.15) is 5.82 Å². The van der Waals surface area contributed by atoms with Gasteiger partial charge >= 0.3 is 0 Å². The van der Waals surface area contributed by atoms with Crippen LogP contribution in [-0.2, 0) is 0 Å². The lowest BCUT2D eigenvalue weighted by Gasteiger charge is -2.10. The van der Waals surface area contributed by atoms with Crippen LogP contribution in [0.15, 0.2) is 22.7 Å². The van der Waals surface area contributed by atoms with Crippen molar-refractivity contribution in [3.8, 4) is 0 Å². The third-order valence-corrected chi connectivity index (χ3v) is 3.97. The average Bonchev–Trinajstić information content (AvgIpc) is 3.12. The third-order valence-electron chi connectivity index (χ3n) is 2.76. The molecule has 17 heavy (non-hydrogen) atoms. The molecule has 5 heteroatoms. The van der Waals surface area contributed by atoms with E-state index in [2.05, 4.69) is 21.2 Å². The largest absolute Gasteiger partial charge is 0.351 e. The van der Waals surface area contributed by atoms with Crippen LogP contribution in [0.2, 0.25) is 0 Å². The standard InChI is InChI=1S/C12H12BrClFNO/c13-10-4-3-8(15)5-9(10)12(17)16-6-11(14)7-1-2-7/h3-5,7,11H,1-2,6H2,(H,16,17). The predicted octanol–water partition coefficient (Wildman–Crippen LogP) is 3.34. The van der Waals surface area contributed by atoms with E-state index < -0.39 is 5.82 Å². The zero-order valence-electron chi connectivity index (χ0n) is 9.05. The van der Waals surface area contributed by atoms with E-state index >= 15 is 0 Å². The minimum absolute atomic E-state index is 0.0220. The summed E-state index contributed by atoms with van der Waals surface area (Å²) >= 11 is 9.30. The average molecular weight is 321 g/mol. The summed E-state index contributed by atoms with van der Waals surface area (Å²) in [5, 5.41) is 2.70. The molecular formula is C12H12BrClFNO. The number of benzene rings is 1. The maximum absolute atomic E-state index is 13.0. The van der Waals surface area contributed by atoms with Crippen LogP contribution in [0.5, 0.6) is 0 Å². The number of carbonyl (C=O) groups is 1. The summed E-state index contributed by atoms with van der Waals surface area (Å²) in [5.41, 5.74) is 0.296. The zero-order valence-corrected chi connectivity index (χ0v) is 11.4. The number of hydrogen-bond donors (Lipinski definition) is 1. The smallest absolute Gasteiger partial charge is 0.252 e. The number of carbonyl (C=O) groups excluding carboxylic acids is 1. The molecule has 1 saturated carbocycles. The summed E-state index contributed by atoms with van der Waals surface area (Å²) in [5.74, 6) is -0.210. The van der Waals surface area contributed by atoms with Gasteiger partial charge in [0.15, 0.2) is 0 Å². The molecule has 1 N–H and O–H groups in total. The normalized spacial score (nSPS) is 16.6. The van der Waals surface area contributed by atoms with E-state index in [1.54, 1.807) is 0 Å². The van der Waals surface area contributed by atoms with Gasteiger partial charge in [-0.25, -0.2) is 4.39 Å². The van der Waals surface area contributed by atoms with Crippen LogP contribution in [0.4, 0.5) is 4.39 Å². The molecule has 0 radical (unpaired) electrons. The Bertz CT molecular complexity index is 437. The first-order chi connectivity index (χ1) is 8.08. The Labute approximate surface area is 113 Å². The molecule has 0 heterocycles. The summed E-state index contributed by atoms with van der Waals surface area (Å²) < 4.78 is 13.6. The number of rotatable bonds is 4. The van der Waals surface area contributed by atoms with Gasteiger partial charge < -0.3 is 5.32 Å². The molecule has 0 spiro atoms. The summed E-state index contributed by atoms with van der Waals surface area (Å²) in [4.78, 5) is 11.8. The van der Waals surface area contributed by atoms with Gasteiger partial charge in [0.25, 0.3) is 5.91 Å². The van der Waals surface area contributed by atoms with E-state index in [1.165, 1.54) is 18.2 Å². The minimum atomic E-state index is -0.428. The van der Waals surface area contributed by atoms with Crippen LogP contribution in [0.1, 0.15) is 23.2 Å². The molecule has 0 saturated heterocycles. The second-order valence-electron chi connectivity index (χ2n) is 4.19. The van der Waals surface area contributed by atoms with Gasteiger partial charge in [-0.1, -0.05) is 0 Å². The van der Waals surface area contributed by atoms with Crippen molar-refractivity contribution < 1.29 is 9.18 Å². The number of amides is 1. The fourth-order valence-electron chi connectivity index (χ4n) is 1.58. The number of nitrogens with one attached hydrogen (secondary N) is 1. The van der Waals surface area contributed by atoms with E-state index in [0.717, 1.165) is 12.8 Å². The molecule has 1 amide bonds. The van der Waals surface area contributed by atoms with E-state index in [1.807, 2.05) is 0 Å². The molecule has 1 aromatic rings. The number of halogens is 3. The Balaban J connectivity index is 1.96. The SMILES string of the molecule is O=C(NCC(Cl)C1CC1)c1cc(F)ccc1Br. The third kappa shape index (κ3) is 3.42. The van der Waals surface area contributed by atoms with Crippen molar-refractivity contribution in [3.63, 3.8) is 0 Å². The molecule has 92 valence electrons. The van der Waals surface area contributed by atoms with Crippen molar-refractivity contribution in [1.29, 1.82) is 0 Å². The Hall–Kier alpha value is -0.610. The highest BCUT2D eigenvalue weighted by molar-refractivity contribution is 9.10. The van der Waals surface area contributed by atoms with Gasteiger partial charge in [-0.3, -0.25) is 4.79 Å². The lowest BCUT2D eigenvalue weighted by molar-refractivity contribution is 0.0952. The topological polar surface area (TPSA) is 29.1 Å². The van der Waals surface area contributed by atoms with Gasteiger partial charge in [-0.15, -0.1) is 11.6 Å². The molecule has 2 rings (SSSR count). The van der Waals surface area contributed by atoms with Crippen molar-refractivity contribution in [3.05, 3.63) is 34.1 Å². The summed E-state index contributed by atoms with van der Waals surface area (Å²) in [6.07, 6.45) is 2.27. The highest BCUT2D eigenvalue weighted by atomic mass is 79.9. The van der Waals surface area contributed by atoms with Gasteiger partial charge in [-0.05, 0) is 52.9 Å². The quantitative estimate of drug-likeness (QED) is 0.847. The van der Waals surface area contributed by atoms with E-state index in [-0.39, 0.29) is 11.3 Å². The molecular weight excluding hydrogens is 308 g/mol. The van der Waals surface area contributed by atoms with Crippen molar-refractivity contribution >= 4 is 33.4 Å². The molecule has 1 aliphatic carbocycles. The first-order valence-corrected chi connectivity index (χ1v) is 6.68. The lowest BCUT2D eigenvalue weighted by Crippen LogP contribution is -2.30. The van der Waals surface area contributed by atoms with Crippen molar-refractivity contribution in [2.75, 3.05) is 6.54 Å². The summed E-state index contributed by atoms with van der Waals surface area (Å²) in [6.45, 7) is 0.425. The van der Waals surface area contributed by atoms with Crippen LogP contribution >= 0.6 is 27.5 Å². The fraction of sp³-hybridized carbons (Fsp3) is 0.417. The molecule has 1 unspecified atom stereocenters. The van der Waals surface area contributed by atoms with E-state index in [9.17, 15) is 9.18 Å². The predicted molar refractivity (Wildman–Crippen MR) is 68.8 cm³/mol. The minimum Gasteiger partial charge on any atom is -0.351 e. The van der Waals surface area contributed by atoms with Crippen LogP contribution in [-0.4, -0.2) is 17.8 Å². The van der Waals surface area contributed by atoms with Crippen molar-refractivity contribution in [1.82, 2.24) is 5.32 Å². The molecule has 0 bridgehead atoms. The monoisotopic (exact) mass is 319 g/mol.